The van der Waals surface area contributed by atoms with Crippen molar-refractivity contribution in [3.63, 3.8) is 0 Å². The zero-order valence-electron chi connectivity index (χ0n) is 17.9. The third-order valence-corrected chi connectivity index (χ3v) is 7.62. The summed E-state index contributed by atoms with van der Waals surface area (Å²) in [4.78, 5) is 12.1. The maximum atomic E-state index is 12.1. The van der Waals surface area contributed by atoms with Gasteiger partial charge in [-0.05, 0) is 74.2 Å². The standard InChI is InChI=1S/C26H33NO3/c1-30-24(29)12-11-23-25(21-9-5-10-22(28)19-21)14-6-15-26(23,27-18-17-25)16-13-20-7-3-2-4-8-20/h2-5,7-10,19,23,27-28H,6,11-18H2,1H3/t23-,25+,26+/m1/s1. The van der Waals surface area contributed by atoms with Gasteiger partial charge in [-0.15, -0.1) is 0 Å². The van der Waals surface area contributed by atoms with Crippen molar-refractivity contribution < 1.29 is 14.6 Å². The van der Waals surface area contributed by atoms with Gasteiger partial charge in [-0.25, -0.2) is 0 Å². The number of carbonyl (C=O) groups is 1. The topological polar surface area (TPSA) is 58.6 Å². The molecule has 160 valence electrons. The monoisotopic (exact) mass is 407 g/mol. The van der Waals surface area contributed by atoms with E-state index in [-0.39, 0.29) is 16.9 Å². The van der Waals surface area contributed by atoms with Crippen molar-refractivity contribution in [1.29, 1.82) is 0 Å². The van der Waals surface area contributed by atoms with Gasteiger partial charge in [-0.2, -0.15) is 0 Å². The van der Waals surface area contributed by atoms with Gasteiger partial charge in [0.15, 0.2) is 0 Å². The molecule has 2 N–H and O–H groups in total. The van der Waals surface area contributed by atoms with E-state index in [9.17, 15) is 9.90 Å². The number of nitrogens with one attached hydrogen (secondary N) is 1. The molecule has 3 atom stereocenters. The van der Waals surface area contributed by atoms with Crippen LogP contribution < -0.4 is 5.32 Å². The van der Waals surface area contributed by atoms with E-state index < -0.39 is 0 Å². The molecule has 30 heavy (non-hydrogen) atoms. The summed E-state index contributed by atoms with van der Waals surface area (Å²) >= 11 is 0. The summed E-state index contributed by atoms with van der Waals surface area (Å²) in [6.45, 7) is 0.971. The Kier molecular flexibility index (Phi) is 6.14. The van der Waals surface area contributed by atoms with Gasteiger partial charge in [-0.1, -0.05) is 48.9 Å². The summed E-state index contributed by atoms with van der Waals surface area (Å²) in [5.41, 5.74) is 2.58. The summed E-state index contributed by atoms with van der Waals surface area (Å²) in [7, 11) is 1.47. The van der Waals surface area contributed by atoms with Crippen LogP contribution in [0.3, 0.4) is 0 Å². The molecule has 0 aromatic heterocycles. The highest BCUT2D eigenvalue weighted by atomic mass is 16.5. The van der Waals surface area contributed by atoms with Gasteiger partial charge in [-0.3, -0.25) is 4.79 Å². The van der Waals surface area contributed by atoms with Gasteiger partial charge in [0, 0.05) is 17.4 Å². The molecule has 2 aliphatic rings. The quantitative estimate of drug-likeness (QED) is 0.651. The fourth-order valence-corrected chi connectivity index (χ4v) is 6.26. The second-order valence-corrected chi connectivity index (χ2v) is 9.05. The van der Waals surface area contributed by atoms with Crippen LogP contribution in [-0.2, 0) is 21.4 Å². The average Bonchev–Trinajstić information content (AvgIpc) is 2.76. The predicted octanol–water partition coefficient (Wildman–Crippen LogP) is 4.75. The van der Waals surface area contributed by atoms with Crippen LogP contribution in [0.2, 0.25) is 0 Å². The summed E-state index contributed by atoms with van der Waals surface area (Å²) in [5.74, 6) is 0.521. The van der Waals surface area contributed by atoms with Crippen molar-refractivity contribution in [2.75, 3.05) is 13.7 Å². The minimum Gasteiger partial charge on any atom is -0.508 e. The van der Waals surface area contributed by atoms with Crippen molar-refractivity contribution >= 4 is 5.97 Å². The summed E-state index contributed by atoms with van der Waals surface area (Å²) < 4.78 is 4.98. The molecule has 0 spiro atoms. The van der Waals surface area contributed by atoms with E-state index in [1.807, 2.05) is 12.1 Å². The molecule has 1 saturated carbocycles. The van der Waals surface area contributed by atoms with Crippen LogP contribution in [0.1, 0.15) is 56.1 Å². The smallest absolute Gasteiger partial charge is 0.305 e. The highest BCUT2D eigenvalue weighted by molar-refractivity contribution is 5.69. The van der Waals surface area contributed by atoms with Gasteiger partial charge in [0.1, 0.15) is 5.75 Å². The number of piperidine rings is 1. The van der Waals surface area contributed by atoms with Crippen LogP contribution in [0, 0.1) is 5.92 Å². The van der Waals surface area contributed by atoms with Crippen molar-refractivity contribution in [2.45, 2.75) is 62.3 Å². The molecule has 2 fully saturated rings. The fraction of sp³-hybridized carbons (Fsp3) is 0.500. The number of phenols is 1. The van der Waals surface area contributed by atoms with Gasteiger partial charge < -0.3 is 15.2 Å². The molecule has 1 heterocycles. The lowest BCUT2D eigenvalue weighted by Crippen LogP contribution is -2.66. The highest BCUT2D eigenvalue weighted by Crippen LogP contribution is 2.56. The molecule has 2 bridgehead atoms. The second-order valence-electron chi connectivity index (χ2n) is 9.05. The summed E-state index contributed by atoms with van der Waals surface area (Å²) in [5, 5.41) is 14.1. The number of aromatic hydroxyl groups is 1. The maximum Gasteiger partial charge on any atom is 0.305 e. The lowest BCUT2D eigenvalue weighted by molar-refractivity contribution is -0.141. The molecule has 4 nitrogen and oxygen atoms in total. The van der Waals surface area contributed by atoms with Gasteiger partial charge in [0.05, 0.1) is 7.11 Å². The van der Waals surface area contributed by atoms with E-state index in [0.717, 1.165) is 51.5 Å². The lowest BCUT2D eigenvalue weighted by atomic mass is 9.50. The SMILES string of the molecule is COC(=O)CC[C@H]1[C@@]2(CCc3ccccc3)CCC[C@@]1(c1cccc(O)c1)CCN2. The first-order valence-corrected chi connectivity index (χ1v) is 11.2. The number of methoxy groups -OCH3 is 1. The predicted molar refractivity (Wildman–Crippen MR) is 118 cm³/mol. The second kappa shape index (κ2) is 8.81. The van der Waals surface area contributed by atoms with Crippen molar-refractivity contribution in [3.8, 4) is 5.75 Å². The van der Waals surface area contributed by atoms with Crippen molar-refractivity contribution in [1.82, 2.24) is 5.32 Å². The molecule has 1 aliphatic carbocycles. The summed E-state index contributed by atoms with van der Waals surface area (Å²) in [6.07, 6.45) is 7.77. The Balaban J connectivity index is 1.69. The number of benzene rings is 2. The molecular weight excluding hydrogens is 374 g/mol. The number of esters is 1. The Morgan fingerprint density at radius 1 is 1.13 bits per heavy atom. The average molecular weight is 408 g/mol. The van der Waals surface area contributed by atoms with E-state index in [2.05, 4.69) is 41.7 Å². The van der Waals surface area contributed by atoms with Gasteiger partial charge in [0.2, 0.25) is 0 Å². The number of phenolic OH excluding ortho intramolecular Hbond substituents is 1. The maximum absolute atomic E-state index is 12.1. The third kappa shape index (κ3) is 3.98. The zero-order valence-corrected chi connectivity index (χ0v) is 17.9. The van der Waals surface area contributed by atoms with E-state index in [1.54, 1.807) is 6.07 Å². The largest absolute Gasteiger partial charge is 0.508 e. The summed E-state index contributed by atoms with van der Waals surface area (Å²) in [6, 6.07) is 18.5. The highest BCUT2D eigenvalue weighted by Gasteiger charge is 2.56. The minimum absolute atomic E-state index is 0.00578. The van der Waals surface area contributed by atoms with E-state index in [1.165, 1.54) is 18.2 Å². The van der Waals surface area contributed by atoms with E-state index in [4.69, 9.17) is 4.74 Å². The number of rotatable bonds is 7. The third-order valence-electron chi connectivity index (χ3n) is 7.62. The molecule has 1 aliphatic heterocycles. The van der Waals surface area contributed by atoms with Crippen LogP contribution in [0.15, 0.2) is 54.6 Å². The van der Waals surface area contributed by atoms with Crippen LogP contribution in [0.4, 0.5) is 0 Å². The molecule has 0 radical (unpaired) electrons. The number of carbonyl (C=O) groups excluding carboxylic acids is 1. The molecule has 2 aromatic rings. The number of fused-ring (bicyclic) bond motifs is 2. The molecule has 4 rings (SSSR count). The molecule has 4 heteroatoms. The molecule has 1 saturated heterocycles. The number of aryl methyl sites for hydroxylation is 1. The Bertz CT molecular complexity index is 854. The minimum atomic E-state index is -0.136. The number of hydrogen-bond acceptors (Lipinski definition) is 4. The molecule has 2 aromatic carbocycles. The number of hydrogen-bond donors (Lipinski definition) is 2. The normalized spacial score (nSPS) is 28.1. The van der Waals surface area contributed by atoms with Crippen LogP contribution in [0.5, 0.6) is 5.75 Å². The molecule has 0 unspecified atom stereocenters. The van der Waals surface area contributed by atoms with Gasteiger partial charge >= 0.3 is 5.97 Å². The Labute approximate surface area is 179 Å². The first kappa shape index (κ1) is 20.9. The van der Waals surface area contributed by atoms with Gasteiger partial charge in [0.25, 0.3) is 0 Å². The first-order valence-electron chi connectivity index (χ1n) is 11.2. The number of ether oxygens (including phenoxy) is 1. The van der Waals surface area contributed by atoms with Crippen molar-refractivity contribution in [2.24, 2.45) is 5.92 Å². The Morgan fingerprint density at radius 3 is 2.73 bits per heavy atom. The zero-order chi connectivity index (χ0) is 21.0. The Hall–Kier alpha value is -2.33. The lowest BCUT2D eigenvalue weighted by Gasteiger charge is -2.60. The van der Waals surface area contributed by atoms with E-state index in [0.29, 0.717) is 18.1 Å². The van der Waals surface area contributed by atoms with Crippen LogP contribution in [0.25, 0.3) is 0 Å². The van der Waals surface area contributed by atoms with Crippen molar-refractivity contribution in [3.05, 3.63) is 65.7 Å². The first-order chi connectivity index (χ1) is 14.6. The van der Waals surface area contributed by atoms with E-state index >= 15 is 0 Å². The molecule has 0 amide bonds. The fourth-order valence-electron chi connectivity index (χ4n) is 6.26. The van der Waals surface area contributed by atoms with Crippen LogP contribution in [-0.4, -0.2) is 30.3 Å². The van der Waals surface area contributed by atoms with Crippen LogP contribution >= 0.6 is 0 Å². The Morgan fingerprint density at radius 2 is 1.97 bits per heavy atom. The molecular formula is C26H33NO3.